The zero-order valence-electron chi connectivity index (χ0n) is 24.4. The number of benzene rings is 2. The molecule has 4 heteroatoms. The third kappa shape index (κ3) is 7.54. The molecule has 1 atom stereocenters. The third-order valence-corrected chi connectivity index (χ3v) is 7.58. The molecule has 0 amide bonds. The van der Waals surface area contributed by atoms with Gasteiger partial charge < -0.3 is 18.9 Å². The van der Waals surface area contributed by atoms with Gasteiger partial charge in [-0.3, -0.25) is 0 Å². The van der Waals surface area contributed by atoms with E-state index in [4.69, 9.17) is 18.9 Å². The van der Waals surface area contributed by atoms with Gasteiger partial charge in [-0.15, -0.1) is 0 Å². The van der Waals surface area contributed by atoms with E-state index in [1.165, 1.54) is 59.9 Å². The number of rotatable bonds is 15. The summed E-state index contributed by atoms with van der Waals surface area (Å²) in [5.74, 6) is -1.14. The lowest BCUT2D eigenvalue weighted by molar-refractivity contribution is -0.425. The van der Waals surface area contributed by atoms with Gasteiger partial charge in [-0.05, 0) is 54.0 Å². The Morgan fingerprint density at radius 3 is 1.97 bits per heavy atom. The molecule has 0 heterocycles. The van der Waals surface area contributed by atoms with E-state index in [0.29, 0.717) is 0 Å². The van der Waals surface area contributed by atoms with E-state index < -0.39 is 11.6 Å². The topological polar surface area (TPSA) is 36.9 Å². The summed E-state index contributed by atoms with van der Waals surface area (Å²) in [6.07, 6.45) is 15.6. The van der Waals surface area contributed by atoms with Crippen LogP contribution < -0.4 is 0 Å². The zero-order valence-corrected chi connectivity index (χ0v) is 24.4. The summed E-state index contributed by atoms with van der Waals surface area (Å²) in [5, 5.41) is 0. The molecule has 4 nitrogen and oxygen atoms in total. The van der Waals surface area contributed by atoms with Gasteiger partial charge in [0.2, 0.25) is 0 Å². The van der Waals surface area contributed by atoms with Crippen LogP contribution in [0.1, 0.15) is 95.2 Å². The Labute approximate surface area is 226 Å². The molecule has 0 saturated carbocycles. The molecule has 2 aromatic rings. The molecule has 0 aliphatic heterocycles. The molecule has 0 aromatic heterocycles. The molecule has 0 bridgehead atoms. The lowest BCUT2D eigenvalue weighted by atomic mass is 9.87. The first-order chi connectivity index (χ1) is 18.0. The van der Waals surface area contributed by atoms with Gasteiger partial charge >= 0.3 is 5.97 Å². The van der Waals surface area contributed by atoms with Crippen molar-refractivity contribution in [1.29, 1.82) is 0 Å². The van der Waals surface area contributed by atoms with Crippen molar-refractivity contribution in [2.45, 2.75) is 96.6 Å². The SMILES string of the molecule is CC=Cc1cccc2c1Cc1ccccc1-2.CCCCCCCCC(CCC)(OC)C(OC)(OC)OC. The molecule has 0 radical (unpaired) electrons. The van der Waals surface area contributed by atoms with E-state index >= 15 is 0 Å². The standard InChI is InChI=1S/C17H36O4.C16H14/c1-7-9-10-11-12-13-15-16(18-3,14-8-2)17(19-4,20-5)21-6;1-2-6-12-8-5-10-15-14-9-4-3-7-13(14)11-16(12)15/h7-15H2,1-6H3;2-10H,11H2,1H3. The summed E-state index contributed by atoms with van der Waals surface area (Å²) in [5.41, 5.74) is 6.53. The molecule has 206 valence electrons. The van der Waals surface area contributed by atoms with Crippen LogP contribution in [0, 0.1) is 0 Å². The van der Waals surface area contributed by atoms with Crippen LogP contribution in [0.2, 0.25) is 0 Å². The summed E-state index contributed by atoms with van der Waals surface area (Å²) in [7, 11) is 6.55. The first kappa shape index (κ1) is 31.2. The van der Waals surface area contributed by atoms with Crippen molar-refractivity contribution in [3.63, 3.8) is 0 Å². The molecular weight excluding hydrogens is 460 g/mol. The summed E-state index contributed by atoms with van der Waals surface area (Å²) in [6, 6.07) is 15.3. The maximum Gasteiger partial charge on any atom is 0.313 e. The smallest absolute Gasteiger partial charge is 0.313 e. The van der Waals surface area contributed by atoms with Crippen LogP contribution in [0.15, 0.2) is 48.5 Å². The fourth-order valence-electron chi connectivity index (χ4n) is 5.68. The Balaban J connectivity index is 0.000000267. The second-order valence-corrected chi connectivity index (χ2v) is 9.84. The van der Waals surface area contributed by atoms with Gasteiger partial charge in [-0.1, -0.05) is 113 Å². The average Bonchev–Trinajstić information content (AvgIpc) is 3.32. The first-order valence-corrected chi connectivity index (χ1v) is 14.0. The molecule has 0 saturated heterocycles. The Morgan fingerprint density at radius 1 is 0.703 bits per heavy atom. The highest BCUT2D eigenvalue weighted by atomic mass is 16.9. The minimum Gasteiger partial charge on any atom is -0.370 e. The van der Waals surface area contributed by atoms with E-state index in [1.807, 2.05) is 0 Å². The normalized spacial score (nSPS) is 14.1. The number of unbranched alkanes of at least 4 members (excludes halogenated alkanes) is 5. The maximum absolute atomic E-state index is 5.87. The van der Waals surface area contributed by atoms with Crippen molar-refractivity contribution in [3.05, 3.63) is 65.2 Å². The molecular formula is C33H50O4. The molecule has 1 aliphatic rings. The van der Waals surface area contributed by atoms with Gasteiger partial charge in [0.05, 0.1) is 0 Å². The Morgan fingerprint density at radius 2 is 1.35 bits per heavy atom. The van der Waals surface area contributed by atoms with Crippen LogP contribution in [0.5, 0.6) is 0 Å². The van der Waals surface area contributed by atoms with Gasteiger partial charge in [0.1, 0.15) is 5.60 Å². The second kappa shape index (κ2) is 16.1. The highest BCUT2D eigenvalue weighted by Crippen LogP contribution is 2.40. The van der Waals surface area contributed by atoms with Gasteiger partial charge in [-0.25, -0.2) is 0 Å². The van der Waals surface area contributed by atoms with Crippen molar-refractivity contribution in [1.82, 2.24) is 0 Å². The van der Waals surface area contributed by atoms with Gasteiger partial charge in [-0.2, -0.15) is 0 Å². The van der Waals surface area contributed by atoms with Crippen molar-refractivity contribution in [2.75, 3.05) is 28.4 Å². The van der Waals surface area contributed by atoms with E-state index in [0.717, 1.165) is 32.1 Å². The molecule has 3 rings (SSSR count). The molecule has 1 unspecified atom stereocenters. The van der Waals surface area contributed by atoms with Crippen molar-refractivity contribution in [3.8, 4) is 11.1 Å². The van der Waals surface area contributed by atoms with Gasteiger partial charge in [0.25, 0.3) is 0 Å². The molecule has 0 spiro atoms. The van der Waals surface area contributed by atoms with Crippen molar-refractivity contribution in [2.24, 2.45) is 0 Å². The van der Waals surface area contributed by atoms with Crippen molar-refractivity contribution >= 4 is 6.08 Å². The fourth-order valence-corrected chi connectivity index (χ4v) is 5.68. The zero-order chi connectivity index (χ0) is 27.2. The molecule has 1 aliphatic carbocycles. The van der Waals surface area contributed by atoms with E-state index in [2.05, 4.69) is 75.4 Å². The lowest BCUT2D eigenvalue weighted by Crippen LogP contribution is -2.59. The third-order valence-electron chi connectivity index (χ3n) is 7.58. The van der Waals surface area contributed by atoms with Crippen molar-refractivity contribution < 1.29 is 18.9 Å². The molecule has 0 N–H and O–H groups in total. The summed E-state index contributed by atoms with van der Waals surface area (Å²) < 4.78 is 22.6. The second-order valence-electron chi connectivity index (χ2n) is 9.84. The number of allylic oxidation sites excluding steroid dienone is 1. The quantitative estimate of drug-likeness (QED) is 0.151. The van der Waals surface area contributed by atoms with E-state index in [-0.39, 0.29) is 0 Å². The van der Waals surface area contributed by atoms with Crippen LogP contribution in [0.25, 0.3) is 17.2 Å². The van der Waals surface area contributed by atoms with E-state index in [1.54, 1.807) is 28.4 Å². The molecule has 0 fully saturated rings. The maximum atomic E-state index is 5.87. The van der Waals surface area contributed by atoms with Crippen LogP contribution in [0.3, 0.4) is 0 Å². The Bertz CT molecular complexity index is 939. The summed E-state index contributed by atoms with van der Waals surface area (Å²) >= 11 is 0. The lowest BCUT2D eigenvalue weighted by Gasteiger charge is -2.45. The van der Waals surface area contributed by atoms with Crippen LogP contribution in [0.4, 0.5) is 0 Å². The predicted molar refractivity (Wildman–Crippen MR) is 156 cm³/mol. The van der Waals surface area contributed by atoms with E-state index in [9.17, 15) is 0 Å². The number of ether oxygens (including phenoxy) is 4. The summed E-state index contributed by atoms with van der Waals surface area (Å²) in [6.45, 7) is 6.45. The fraction of sp³-hybridized carbons (Fsp3) is 0.576. The van der Waals surface area contributed by atoms with Crippen LogP contribution in [-0.2, 0) is 25.4 Å². The first-order valence-electron chi connectivity index (χ1n) is 14.0. The number of hydrogen-bond donors (Lipinski definition) is 0. The Hall–Kier alpha value is -1.98. The van der Waals surface area contributed by atoms with Crippen LogP contribution in [-0.4, -0.2) is 40.0 Å². The average molecular weight is 511 g/mol. The number of hydrogen-bond acceptors (Lipinski definition) is 4. The largest absolute Gasteiger partial charge is 0.370 e. The highest BCUT2D eigenvalue weighted by molar-refractivity contribution is 5.80. The molecule has 2 aromatic carbocycles. The predicted octanol–water partition coefficient (Wildman–Crippen LogP) is 8.81. The summed E-state index contributed by atoms with van der Waals surface area (Å²) in [4.78, 5) is 0. The highest BCUT2D eigenvalue weighted by Gasteiger charge is 2.53. The molecule has 37 heavy (non-hydrogen) atoms. The number of fused-ring (bicyclic) bond motifs is 3. The van der Waals surface area contributed by atoms with Crippen LogP contribution >= 0.6 is 0 Å². The minimum atomic E-state index is -1.14. The monoisotopic (exact) mass is 510 g/mol. The Kier molecular flexibility index (Phi) is 13.6. The minimum absolute atomic E-state index is 0.565. The van der Waals surface area contributed by atoms with Gasteiger partial charge in [0, 0.05) is 28.4 Å². The van der Waals surface area contributed by atoms with Gasteiger partial charge in [0.15, 0.2) is 0 Å². The number of methoxy groups -OCH3 is 4.